The lowest BCUT2D eigenvalue weighted by Gasteiger charge is -2.12. The molecule has 0 saturated heterocycles. The van der Waals surface area contributed by atoms with Crippen molar-refractivity contribution in [2.24, 2.45) is 5.73 Å². The molecule has 1 atom stereocenters. The third-order valence-corrected chi connectivity index (χ3v) is 2.76. The van der Waals surface area contributed by atoms with Crippen LogP contribution in [0.25, 0.3) is 0 Å². The summed E-state index contributed by atoms with van der Waals surface area (Å²) in [5.41, 5.74) is 8.26. The third kappa shape index (κ3) is 3.08. The number of pyridine rings is 1. The number of aromatic nitrogens is 1. The number of nitrogens with zero attached hydrogens (tertiary/aromatic N) is 1. The maximum absolute atomic E-state index is 6.19. The summed E-state index contributed by atoms with van der Waals surface area (Å²) < 4.78 is 5.54. The van der Waals surface area contributed by atoms with E-state index in [0.717, 1.165) is 29.9 Å². The lowest BCUT2D eigenvalue weighted by atomic mass is 10.0. The topological polar surface area (TPSA) is 48.1 Å². The van der Waals surface area contributed by atoms with Crippen LogP contribution in [0.1, 0.15) is 30.5 Å². The molecule has 0 spiro atoms. The Hall–Kier alpha value is -1.87. The van der Waals surface area contributed by atoms with Gasteiger partial charge in [0, 0.05) is 12.4 Å². The molecule has 18 heavy (non-hydrogen) atoms. The average molecular weight is 242 g/mol. The van der Waals surface area contributed by atoms with Gasteiger partial charge in [-0.05, 0) is 35.7 Å². The molecular formula is C15H18N2O. The summed E-state index contributed by atoms with van der Waals surface area (Å²) in [6, 6.07) is 11.7. The van der Waals surface area contributed by atoms with Crippen LogP contribution < -0.4 is 10.5 Å². The SMILES string of the molecule is CCCOc1ccc(C(N)c2cccnc2)cc1. The van der Waals surface area contributed by atoms with Crippen molar-refractivity contribution < 1.29 is 4.74 Å². The normalized spacial score (nSPS) is 12.1. The van der Waals surface area contributed by atoms with Crippen LogP contribution in [0.2, 0.25) is 0 Å². The molecule has 2 aromatic rings. The molecular weight excluding hydrogens is 224 g/mol. The first-order chi connectivity index (χ1) is 8.81. The van der Waals surface area contributed by atoms with Crippen molar-refractivity contribution in [3.63, 3.8) is 0 Å². The minimum absolute atomic E-state index is 0.140. The van der Waals surface area contributed by atoms with E-state index in [0.29, 0.717) is 0 Å². The molecule has 1 aromatic heterocycles. The Bertz CT molecular complexity index is 468. The van der Waals surface area contributed by atoms with Crippen LogP contribution in [0.5, 0.6) is 5.75 Å². The lowest BCUT2D eigenvalue weighted by molar-refractivity contribution is 0.317. The van der Waals surface area contributed by atoms with E-state index in [-0.39, 0.29) is 6.04 Å². The fourth-order valence-electron chi connectivity index (χ4n) is 1.74. The van der Waals surface area contributed by atoms with Crippen LogP contribution in [-0.4, -0.2) is 11.6 Å². The lowest BCUT2D eigenvalue weighted by Crippen LogP contribution is -2.11. The van der Waals surface area contributed by atoms with E-state index >= 15 is 0 Å². The van der Waals surface area contributed by atoms with Crippen molar-refractivity contribution in [3.8, 4) is 5.75 Å². The van der Waals surface area contributed by atoms with Gasteiger partial charge in [0.2, 0.25) is 0 Å². The Labute approximate surface area is 108 Å². The fraction of sp³-hybridized carbons (Fsp3) is 0.267. The second-order valence-corrected chi connectivity index (χ2v) is 4.18. The zero-order valence-electron chi connectivity index (χ0n) is 10.5. The van der Waals surface area contributed by atoms with E-state index in [2.05, 4.69) is 11.9 Å². The predicted molar refractivity (Wildman–Crippen MR) is 72.5 cm³/mol. The van der Waals surface area contributed by atoms with E-state index in [9.17, 15) is 0 Å². The van der Waals surface area contributed by atoms with Gasteiger partial charge in [0.25, 0.3) is 0 Å². The summed E-state index contributed by atoms with van der Waals surface area (Å²) in [4.78, 5) is 4.08. The van der Waals surface area contributed by atoms with Crippen molar-refractivity contribution in [2.45, 2.75) is 19.4 Å². The van der Waals surface area contributed by atoms with E-state index in [1.165, 1.54) is 0 Å². The zero-order valence-corrected chi connectivity index (χ0v) is 10.5. The first-order valence-electron chi connectivity index (χ1n) is 6.19. The van der Waals surface area contributed by atoms with Crippen LogP contribution in [0.3, 0.4) is 0 Å². The highest BCUT2D eigenvalue weighted by atomic mass is 16.5. The smallest absolute Gasteiger partial charge is 0.119 e. The molecule has 2 N–H and O–H groups in total. The second-order valence-electron chi connectivity index (χ2n) is 4.18. The van der Waals surface area contributed by atoms with E-state index in [1.54, 1.807) is 12.4 Å². The van der Waals surface area contributed by atoms with Crippen molar-refractivity contribution in [1.29, 1.82) is 0 Å². The summed E-state index contributed by atoms with van der Waals surface area (Å²) in [6.07, 6.45) is 4.56. The highest BCUT2D eigenvalue weighted by molar-refractivity contribution is 5.34. The number of rotatable bonds is 5. The van der Waals surface area contributed by atoms with Gasteiger partial charge in [0.15, 0.2) is 0 Å². The summed E-state index contributed by atoms with van der Waals surface area (Å²) in [6.45, 7) is 2.83. The summed E-state index contributed by atoms with van der Waals surface area (Å²) in [7, 11) is 0. The maximum Gasteiger partial charge on any atom is 0.119 e. The van der Waals surface area contributed by atoms with Gasteiger partial charge in [-0.2, -0.15) is 0 Å². The second kappa shape index (κ2) is 6.17. The number of hydrogen-bond donors (Lipinski definition) is 1. The van der Waals surface area contributed by atoms with Crippen LogP contribution in [0.15, 0.2) is 48.8 Å². The molecule has 0 fully saturated rings. The van der Waals surface area contributed by atoms with Crippen molar-refractivity contribution in [3.05, 3.63) is 59.9 Å². The predicted octanol–water partition coefficient (Wildman–Crippen LogP) is 2.92. The summed E-state index contributed by atoms with van der Waals surface area (Å²) in [5, 5.41) is 0. The molecule has 1 aromatic carbocycles. The summed E-state index contributed by atoms with van der Waals surface area (Å²) >= 11 is 0. The Morgan fingerprint density at radius 3 is 2.56 bits per heavy atom. The number of ether oxygens (including phenoxy) is 1. The van der Waals surface area contributed by atoms with Crippen LogP contribution in [0, 0.1) is 0 Å². The van der Waals surface area contributed by atoms with E-state index < -0.39 is 0 Å². The highest BCUT2D eigenvalue weighted by Crippen LogP contribution is 2.21. The molecule has 94 valence electrons. The van der Waals surface area contributed by atoms with Crippen LogP contribution in [-0.2, 0) is 0 Å². The molecule has 0 aliphatic carbocycles. The van der Waals surface area contributed by atoms with Gasteiger partial charge in [0.05, 0.1) is 12.6 Å². The molecule has 2 rings (SSSR count). The largest absolute Gasteiger partial charge is 0.494 e. The van der Waals surface area contributed by atoms with Crippen LogP contribution in [0.4, 0.5) is 0 Å². The Morgan fingerprint density at radius 1 is 1.17 bits per heavy atom. The highest BCUT2D eigenvalue weighted by Gasteiger charge is 2.08. The van der Waals surface area contributed by atoms with E-state index in [4.69, 9.17) is 10.5 Å². The molecule has 0 bridgehead atoms. The zero-order chi connectivity index (χ0) is 12.8. The molecule has 1 heterocycles. The third-order valence-electron chi connectivity index (χ3n) is 2.76. The Morgan fingerprint density at radius 2 is 1.94 bits per heavy atom. The van der Waals surface area contributed by atoms with Crippen molar-refractivity contribution in [1.82, 2.24) is 4.98 Å². The maximum atomic E-state index is 6.19. The minimum atomic E-state index is -0.140. The van der Waals surface area contributed by atoms with Gasteiger partial charge < -0.3 is 10.5 Å². The fourth-order valence-corrected chi connectivity index (χ4v) is 1.74. The first kappa shape index (κ1) is 12.6. The van der Waals surface area contributed by atoms with Crippen molar-refractivity contribution in [2.75, 3.05) is 6.61 Å². The Balaban J connectivity index is 2.09. The first-order valence-corrected chi connectivity index (χ1v) is 6.19. The van der Waals surface area contributed by atoms with Gasteiger partial charge in [-0.25, -0.2) is 0 Å². The molecule has 0 aliphatic heterocycles. The number of hydrogen-bond acceptors (Lipinski definition) is 3. The Kier molecular flexibility index (Phi) is 4.31. The molecule has 0 aliphatic rings. The molecule has 3 nitrogen and oxygen atoms in total. The number of benzene rings is 1. The summed E-state index contributed by atoms with van der Waals surface area (Å²) in [5.74, 6) is 0.888. The quantitative estimate of drug-likeness (QED) is 0.877. The molecule has 0 radical (unpaired) electrons. The standard InChI is InChI=1S/C15H18N2O/c1-2-10-18-14-7-5-12(6-8-14)15(16)13-4-3-9-17-11-13/h3-9,11,15H,2,10,16H2,1H3. The molecule has 0 amide bonds. The monoisotopic (exact) mass is 242 g/mol. The number of nitrogens with two attached hydrogens (primary N) is 1. The van der Waals surface area contributed by atoms with Crippen molar-refractivity contribution >= 4 is 0 Å². The van der Waals surface area contributed by atoms with E-state index in [1.807, 2.05) is 36.4 Å². The van der Waals surface area contributed by atoms with Gasteiger partial charge >= 0.3 is 0 Å². The molecule has 1 unspecified atom stereocenters. The minimum Gasteiger partial charge on any atom is -0.494 e. The van der Waals surface area contributed by atoms with Gasteiger partial charge in [-0.1, -0.05) is 25.1 Å². The molecule has 0 saturated carbocycles. The average Bonchev–Trinajstić information content (AvgIpc) is 2.46. The van der Waals surface area contributed by atoms with Gasteiger partial charge in [-0.15, -0.1) is 0 Å². The van der Waals surface area contributed by atoms with Gasteiger partial charge in [0.1, 0.15) is 5.75 Å². The molecule has 3 heteroatoms. The van der Waals surface area contributed by atoms with Gasteiger partial charge in [-0.3, -0.25) is 4.98 Å². The van der Waals surface area contributed by atoms with Crippen LogP contribution >= 0.6 is 0 Å².